The maximum Gasteiger partial charge on any atom is 0.418 e. The average molecular weight is 380 g/mol. The summed E-state index contributed by atoms with van der Waals surface area (Å²) in [5.41, 5.74) is 0.311. The summed E-state index contributed by atoms with van der Waals surface area (Å²) < 4.78 is 38.5. The molecule has 0 atom stereocenters. The van der Waals surface area contributed by atoms with Crippen LogP contribution in [0.3, 0.4) is 0 Å². The Labute approximate surface area is 121 Å². The lowest BCUT2D eigenvalue weighted by atomic mass is 9.97. The molecular weight excluding hydrogens is 371 g/mol. The Balaban J connectivity index is 2.19. The third-order valence-corrected chi connectivity index (χ3v) is 3.14. The molecule has 0 spiro atoms. The Kier molecular flexibility index (Phi) is 4.19. The van der Waals surface area contributed by atoms with Crippen molar-refractivity contribution in [1.29, 1.82) is 0 Å². The molecule has 2 rings (SSSR count). The van der Waals surface area contributed by atoms with Crippen LogP contribution in [-0.4, -0.2) is 19.6 Å². The van der Waals surface area contributed by atoms with Crippen LogP contribution < -0.4 is 5.59 Å². The fourth-order valence-corrected chi connectivity index (χ4v) is 1.96. The molecule has 3 nitrogen and oxygen atoms in total. The van der Waals surface area contributed by atoms with Gasteiger partial charge in [0.15, 0.2) is 0 Å². The summed E-state index contributed by atoms with van der Waals surface area (Å²) in [6, 6.07) is 6.74. The van der Waals surface area contributed by atoms with E-state index in [0.29, 0.717) is 11.2 Å². The van der Waals surface area contributed by atoms with Crippen LogP contribution in [-0.2, 0) is 12.7 Å². The molecule has 0 bridgehead atoms. The molecule has 1 N–H and O–H groups in total. The standard InChI is InChI=1S/C11H9BF3IN2O/c13-11(14,15)9-3-1-2-8(6-9)7-18-5-4-10(17-18)12(16)19/h1-6,19H,7H2. The van der Waals surface area contributed by atoms with Gasteiger partial charge in [-0.3, -0.25) is 4.68 Å². The van der Waals surface area contributed by atoms with Crippen LogP contribution in [0.4, 0.5) is 13.2 Å². The van der Waals surface area contributed by atoms with Gasteiger partial charge in [0.25, 0.3) is 0 Å². The van der Waals surface area contributed by atoms with Crippen molar-refractivity contribution in [2.45, 2.75) is 12.7 Å². The highest BCUT2D eigenvalue weighted by molar-refractivity contribution is 14.1. The summed E-state index contributed by atoms with van der Waals surface area (Å²) in [6.07, 6.45) is -2.72. The maximum absolute atomic E-state index is 12.6. The SMILES string of the molecule is OB(I)c1ccn(Cc2cccc(C(F)(F)F)c2)n1. The van der Waals surface area contributed by atoms with Gasteiger partial charge in [0.2, 0.25) is 0 Å². The van der Waals surface area contributed by atoms with E-state index in [2.05, 4.69) is 5.10 Å². The summed E-state index contributed by atoms with van der Waals surface area (Å²) in [4.78, 5) is 0. The number of halogens is 4. The Bertz CT molecular complexity index is 571. The first-order valence-corrected chi connectivity index (χ1v) is 6.62. The molecule has 1 heterocycles. The normalized spacial score (nSPS) is 11.6. The zero-order valence-electron chi connectivity index (χ0n) is 9.60. The smallest absolute Gasteiger partial charge is 0.418 e. The lowest BCUT2D eigenvalue weighted by Gasteiger charge is -2.08. The van der Waals surface area contributed by atoms with E-state index in [-0.39, 0.29) is 6.54 Å². The first-order valence-electron chi connectivity index (χ1n) is 5.38. The lowest BCUT2D eigenvalue weighted by molar-refractivity contribution is -0.137. The van der Waals surface area contributed by atoms with Gasteiger partial charge in [-0.05, 0) is 23.8 Å². The summed E-state index contributed by atoms with van der Waals surface area (Å²) in [5.74, 6) is 0. The monoisotopic (exact) mass is 380 g/mol. The summed E-state index contributed by atoms with van der Waals surface area (Å²) in [7, 11) is 0. The minimum atomic E-state index is -4.34. The molecule has 0 saturated carbocycles. The van der Waals surface area contributed by atoms with Gasteiger partial charge in [-0.2, -0.15) is 18.3 Å². The topological polar surface area (TPSA) is 38.0 Å². The fraction of sp³-hybridized carbons (Fsp3) is 0.182. The minimum absolute atomic E-state index is 0.229. The molecule has 19 heavy (non-hydrogen) atoms. The van der Waals surface area contributed by atoms with Gasteiger partial charge < -0.3 is 5.02 Å². The molecule has 0 aliphatic carbocycles. The van der Waals surface area contributed by atoms with Crippen LogP contribution in [0.25, 0.3) is 0 Å². The quantitative estimate of drug-likeness (QED) is 0.655. The second-order valence-electron chi connectivity index (χ2n) is 3.97. The van der Waals surface area contributed by atoms with Crippen LogP contribution in [0, 0.1) is 0 Å². The molecule has 8 heteroatoms. The summed E-state index contributed by atoms with van der Waals surface area (Å²) in [6.45, 7) is 0.229. The molecule has 0 amide bonds. The number of nitrogens with zero attached hydrogens (tertiary/aromatic N) is 2. The highest BCUT2D eigenvalue weighted by atomic mass is 127. The molecule has 0 fully saturated rings. The molecule has 0 aliphatic rings. The Morgan fingerprint density at radius 3 is 2.63 bits per heavy atom. The van der Waals surface area contributed by atoms with E-state index < -0.39 is 16.5 Å². The van der Waals surface area contributed by atoms with Crippen molar-refractivity contribution in [3.8, 4) is 0 Å². The number of aromatic nitrogens is 2. The van der Waals surface area contributed by atoms with Gasteiger partial charge in [0.1, 0.15) is 0 Å². The summed E-state index contributed by atoms with van der Waals surface area (Å²) >= 11 is 1.80. The third-order valence-electron chi connectivity index (χ3n) is 2.50. The van der Waals surface area contributed by atoms with E-state index in [9.17, 15) is 18.2 Å². The van der Waals surface area contributed by atoms with E-state index in [1.165, 1.54) is 10.7 Å². The summed E-state index contributed by atoms with van der Waals surface area (Å²) in [5, 5.41) is 13.4. The number of hydrogen-bond donors (Lipinski definition) is 1. The van der Waals surface area contributed by atoms with Crippen molar-refractivity contribution in [1.82, 2.24) is 9.78 Å². The Morgan fingerprint density at radius 2 is 2.05 bits per heavy atom. The first-order chi connectivity index (χ1) is 8.86. The fourth-order valence-electron chi connectivity index (χ4n) is 1.63. The number of rotatable bonds is 3. The highest BCUT2D eigenvalue weighted by Gasteiger charge is 2.30. The second-order valence-corrected chi connectivity index (χ2v) is 5.15. The van der Waals surface area contributed by atoms with Gasteiger partial charge in [-0.1, -0.05) is 12.1 Å². The molecule has 1 aromatic heterocycles. The van der Waals surface area contributed by atoms with Crippen LogP contribution in [0.2, 0.25) is 0 Å². The van der Waals surface area contributed by atoms with Gasteiger partial charge in [-0.15, -0.1) is 22.4 Å². The van der Waals surface area contributed by atoms with Gasteiger partial charge in [0, 0.05) is 6.20 Å². The van der Waals surface area contributed by atoms with Crippen molar-refractivity contribution in [3.05, 3.63) is 47.7 Å². The van der Waals surface area contributed by atoms with Crippen molar-refractivity contribution < 1.29 is 18.2 Å². The van der Waals surface area contributed by atoms with Crippen molar-refractivity contribution in [3.63, 3.8) is 0 Å². The molecule has 100 valence electrons. The highest BCUT2D eigenvalue weighted by Crippen LogP contribution is 2.29. The van der Waals surface area contributed by atoms with Crippen molar-refractivity contribution in [2.75, 3.05) is 0 Å². The third kappa shape index (κ3) is 3.72. The Morgan fingerprint density at radius 1 is 1.32 bits per heavy atom. The molecule has 0 aliphatic heterocycles. The molecule has 1 aromatic carbocycles. The van der Waals surface area contributed by atoms with Crippen LogP contribution in [0.15, 0.2) is 36.5 Å². The number of benzene rings is 1. The molecule has 0 unspecified atom stereocenters. The molecular formula is C11H9BF3IN2O. The first kappa shape index (κ1) is 14.4. The van der Waals surface area contributed by atoms with E-state index in [4.69, 9.17) is 0 Å². The zero-order valence-corrected chi connectivity index (χ0v) is 11.8. The van der Waals surface area contributed by atoms with Crippen LogP contribution in [0.1, 0.15) is 11.1 Å². The van der Waals surface area contributed by atoms with Gasteiger partial charge in [-0.25, -0.2) is 0 Å². The lowest BCUT2D eigenvalue weighted by Crippen LogP contribution is -2.25. The van der Waals surface area contributed by atoms with Gasteiger partial charge in [0.05, 0.1) is 17.7 Å². The van der Waals surface area contributed by atoms with Gasteiger partial charge >= 0.3 is 10.9 Å². The van der Waals surface area contributed by atoms with Crippen LogP contribution >= 0.6 is 22.4 Å². The molecule has 0 radical (unpaired) electrons. The largest absolute Gasteiger partial charge is 0.437 e. The van der Waals surface area contributed by atoms with Crippen LogP contribution in [0.5, 0.6) is 0 Å². The second kappa shape index (κ2) is 5.54. The predicted molar refractivity (Wildman–Crippen MR) is 74.4 cm³/mol. The van der Waals surface area contributed by atoms with E-state index in [1.807, 2.05) is 0 Å². The molecule has 0 saturated heterocycles. The number of hydrogen-bond acceptors (Lipinski definition) is 2. The average Bonchev–Trinajstić information content (AvgIpc) is 2.77. The number of alkyl halides is 3. The minimum Gasteiger partial charge on any atom is -0.437 e. The Hall–Kier alpha value is -1.03. The zero-order chi connectivity index (χ0) is 14.0. The maximum atomic E-state index is 12.6. The van der Waals surface area contributed by atoms with E-state index >= 15 is 0 Å². The molecule has 2 aromatic rings. The van der Waals surface area contributed by atoms with E-state index in [1.54, 1.807) is 40.7 Å². The van der Waals surface area contributed by atoms with E-state index in [0.717, 1.165) is 12.1 Å². The van der Waals surface area contributed by atoms with Crippen molar-refractivity contribution >= 4 is 32.7 Å². The van der Waals surface area contributed by atoms with Crippen molar-refractivity contribution in [2.24, 2.45) is 0 Å². The predicted octanol–water partition coefficient (Wildman–Crippen LogP) is 2.07.